The summed E-state index contributed by atoms with van der Waals surface area (Å²) in [4.78, 5) is 17.0. The number of methoxy groups -OCH3 is 1. The van der Waals surface area contributed by atoms with Crippen molar-refractivity contribution in [1.29, 1.82) is 0 Å². The second kappa shape index (κ2) is 8.97. The van der Waals surface area contributed by atoms with Crippen molar-refractivity contribution in [3.05, 3.63) is 65.5 Å². The molecule has 1 aliphatic rings. The van der Waals surface area contributed by atoms with E-state index in [-0.39, 0.29) is 11.7 Å². The zero-order valence-corrected chi connectivity index (χ0v) is 15.7. The third-order valence-electron chi connectivity index (χ3n) is 4.74. The van der Waals surface area contributed by atoms with Crippen LogP contribution in [0.15, 0.2) is 48.5 Å². The first-order valence-corrected chi connectivity index (χ1v) is 9.03. The number of morpholine rings is 1. The van der Waals surface area contributed by atoms with Crippen LogP contribution in [0.5, 0.6) is 5.75 Å². The standard InChI is InChI=1S/C21H25FN2O3/c1-23(15-16-5-3-8-19(13-16)26-2)21(25)20(24-9-11-27-12-10-24)17-6-4-7-18(22)14-17/h3-8,13-14,20H,9-12,15H2,1-2H3/t20-/m1/s1. The van der Waals surface area contributed by atoms with Gasteiger partial charge in [-0.1, -0.05) is 24.3 Å². The Morgan fingerprint density at radius 2 is 1.96 bits per heavy atom. The molecule has 0 spiro atoms. The molecule has 0 aromatic heterocycles. The molecular formula is C21H25FN2O3. The van der Waals surface area contributed by atoms with Crippen molar-refractivity contribution in [3.63, 3.8) is 0 Å². The first-order valence-electron chi connectivity index (χ1n) is 9.03. The average Bonchev–Trinajstić information content (AvgIpc) is 2.69. The Labute approximate surface area is 159 Å². The first kappa shape index (κ1) is 19.3. The van der Waals surface area contributed by atoms with Crippen LogP contribution < -0.4 is 4.74 Å². The molecular weight excluding hydrogens is 347 g/mol. The highest BCUT2D eigenvalue weighted by Gasteiger charge is 2.31. The third kappa shape index (κ3) is 4.84. The number of carbonyl (C=O) groups is 1. The summed E-state index contributed by atoms with van der Waals surface area (Å²) in [6.07, 6.45) is 0. The van der Waals surface area contributed by atoms with Crippen molar-refractivity contribution in [1.82, 2.24) is 9.80 Å². The third-order valence-corrected chi connectivity index (χ3v) is 4.74. The molecule has 0 radical (unpaired) electrons. The highest BCUT2D eigenvalue weighted by molar-refractivity contribution is 5.83. The smallest absolute Gasteiger partial charge is 0.244 e. The number of rotatable bonds is 6. The Morgan fingerprint density at radius 1 is 1.22 bits per heavy atom. The van der Waals surface area contributed by atoms with Crippen LogP contribution in [0, 0.1) is 5.82 Å². The fourth-order valence-electron chi connectivity index (χ4n) is 3.35. The van der Waals surface area contributed by atoms with E-state index in [1.54, 1.807) is 31.2 Å². The van der Waals surface area contributed by atoms with Crippen molar-refractivity contribution < 1.29 is 18.7 Å². The van der Waals surface area contributed by atoms with Gasteiger partial charge in [-0.3, -0.25) is 9.69 Å². The van der Waals surface area contributed by atoms with Gasteiger partial charge in [0.05, 0.1) is 20.3 Å². The summed E-state index contributed by atoms with van der Waals surface area (Å²) in [5.41, 5.74) is 1.64. The van der Waals surface area contributed by atoms with Gasteiger partial charge < -0.3 is 14.4 Å². The Hall–Kier alpha value is -2.44. The van der Waals surface area contributed by atoms with Crippen LogP contribution in [0.25, 0.3) is 0 Å². The van der Waals surface area contributed by atoms with Gasteiger partial charge in [0.15, 0.2) is 0 Å². The minimum atomic E-state index is -0.528. The van der Waals surface area contributed by atoms with E-state index in [2.05, 4.69) is 4.90 Å². The maximum absolute atomic E-state index is 13.8. The number of halogens is 1. The van der Waals surface area contributed by atoms with E-state index in [1.807, 2.05) is 24.3 Å². The summed E-state index contributed by atoms with van der Waals surface area (Å²) < 4.78 is 24.5. The number of ether oxygens (including phenoxy) is 2. The van der Waals surface area contributed by atoms with Gasteiger partial charge in [0.1, 0.15) is 17.6 Å². The molecule has 2 aromatic rings. The van der Waals surface area contributed by atoms with E-state index in [1.165, 1.54) is 12.1 Å². The van der Waals surface area contributed by atoms with Crippen LogP contribution in [-0.2, 0) is 16.1 Å². The zero-order chi connectivity index (χ0) is 19.2. The lowest BCUT2D eigenvalue weighted by Crippen LogP contribution is -2.46. The molecule has 5 nitrogen and oxygen atoms in total. The number of hydrogen-bond donors (Lipinski definition) is 0. The number of benzene rings is 2. The number of likely N-dealkylation sites (N-methyl/N-ethyl adjacent to an activating group) is 1. The largest absolute Gasteiger partial charge is 0.497 e. The van der Waals surface area contributed by atoms with E-state index >= 15 is 0 Å². The summed E-state index contributed by atoms with van der Waals surface area (Å²) in [7, 11) is 3.39. The van der Waals surface area contributed by atoms with E-state index < -0.39 is 6.04 Å². The summed E-state index contributed by atoms with van der Waals surface area (Å²) in [6.45, 7) is 2.86. The van der Waals surface area contributed by atoms with Crippen LogP contribution in [0.3, 0.4) is 0 Å². The second-order valence-electron chi connectivity index (χ2n) is 6.65. The van der Waals surface area contributed by atoms with Gasteiger partial charge in [0.2, 0.25) is 5.91 Å². The van der Waals surface area contributed by atoms with Crippen molar-refractivity contribution >= 4 is 5.91 Å². The molecule has 1 amide bonds. The quantitative estimate of drug-likeness (QED) is 0.782. The molecule has 144 valence electrons. The Balaban J connectivity index is 1.82. The average molecular weight is 372 g/mol. The van der Waals surface area contributed by atoms with Gasteiger partial charge >= 0.3 is 0 Å². The number of carbonyl (C=O) groups excluding carboxylic acids is 1. The highest BCUT2D eigenvalue weighted by Crippen LogP contribution is 2.25. The summed E-state index contributed by atoms with van der Waals surface area (Å²) in [5.74, 6) is 0.350. The molecule has 0 aliphatic carbocycles. The van der Waals surface area contributed by atoms with Crippen LogP contribution >= 0.6 is 0 Å². The van der Waals surface area contributed by atoms with E-state index in [4.69, 9.17) is 9.47 Å². The fourth-order valence-corrected chi connectivity index (χ4v) is 3.35. The van der Waals surface area contributed by atoms with Gasteiger partial charge in [-0.05, 0) is 35.4 Å². The predicted molar refractivity (Wildman–Crippen MR) is 101 cm³/mol. The molecule has 2 aromatic carbocycles. The SMILES string of the molecule is COc1cccc(CN(C)C(=O)[C@@H](c2cccc(F)c2)N2CCOCC2)c1. The molecule has 0 N–H and O–H groups in total. The molecule has 1 saturated heterocycles. The minimum absolute atomic E-state index is 0.0645. The first-order chi connectivity index (χ1) is 13.1. The topological polar surface area (TPSA) is 42.0 Å². The molecule has 1 atom stereocenters. The highest BCUT2D eigenvalue weighted by atomic mass is 19.1. The van der Waals surface area contributed by atoms with Gasteiger partial charge in [0.25, 0.3) is 0 Å². The van der Waals surface area contributed by atoms with Crippen molar-refractivity contribution in [2.45, 2.75) is 12.6 Å². The van der Waals surface area contributed by atoms with E-state index in [9.17, 15) is 9.18 Å². The van der Waals surface area contributed by atoms with E-state index in [0.29, 0.717) is 38.4 Å². The van der Waals surface area contributed by atoms with Gasteiger partial charge in [-0.2, -0.15) is 0 Å². The van der Waals surface area contributed by atoms with Crippen LogP contribution in [0.1, 0.15) is 17.2 Å². The molecule has 1 heterocycles. The maximum atomic E-state index is 13.8. The van der Waals surface area contributed by atoms with Gasteiger partial charge in [-0.15, -0.1) is 0 Å². The molecule has 0 bridgehead atoms. The zero-order valence-electron chi connectivity index (χ0n) is 15.7. The second-order valence-corrected chi connectivity index (χ2v) is 6.65. The molecule has 6 heteroatoms. The van der Waals surface area contributed by atoms with Crippen molar-refractivity contribution in [3.8, 4) is 5.75 Å². The van der Waals surface area contributed by atoms with Crippen LogP contribution in [0.4, 0.5) is 4.39 Å². The van der Waals surface area contributed by atoms with Crippen molar-refractivity contribution in [2.75, 3.05) is 40.5 Å². The lowest BCUT2D eigenvalue weighted by atomic mass is 10.0. The molecule has 3 rings (SSSR count). The predicted octanol–water partition coefficient (Wildman–Crippen LogP) is 2.87. The fraction of sp³-hybridized carbons (Fsp3) is 0.381. The number of amides is 1. The minimum Gasteiger partial charge on any atom is -0.497 e. The molecule has 1 aliphatic heterocycles. The molecule has 0 saturated carbocycles. The maximum Gasteiger partial charge on any atom is 0.244 e. The Morgan fingerprint density at radius 3 is 2.67 bits per heavy atom. The summed E-state index contributed by atoms with van der Waals surface area (Å²) in [5, 5.41) is 0. The summed E-state index contributed by atoms with van der Waals surface area (Å²) >= 11 is 0. The van der Waals surface area contributed by atoms with Crippen LogP contribution in [-0.4, -0.2) is 56.2 Å². The molecule has 0 unspecified atom stereocenters. The number of hydrogen-bond acceptors (Lipinski definition) is 4. The molecule has 1 fully saturated rings. The normalized spacial score (nSPS) is 16.0. The lowest BCUT2D eigenvalue weighted by molar-refractivity contribution is -0.138. The molecule has 27 heavy (non-hydrogen) atoms. The van der Waals surface area contributed by atoms with Gasteiger partial charge in [0, 0.05) is 26.7 Å². The van der Waals surface area contributed by atoms with Gasteiger partial charge in [-0.25, -0.2) is 4.39 Å². The van der Waals surface area contributed by atoms with E-state index in [0.717, 1.165) is 11.3 Å². The summed E-state index contributed by atoms with van der Waals surface area (Å²) in [6, 6.07) is 13.4. The van der Waals surface area contributed by atoms with Crippen LogP contribution in [0.2, 0.25) is 0 Å². The lowest BCUT2D eigenvalue weighted by Gasteiger charge is -2.36. The Kier molecular flexibility index (Phi) is 6.42. The Bertz CT molecular complexity index is 778. The monoisotopic (exact) mass is 372 g/mol. The number of nitrogens with zero attached hydrogens (tertiary/aromatic N) is 2. The van der Waals surface area contributed by atoms with Crippen molar-refractivity contribution in [2.24, 2.45) is 0 Å².